The third-order valence-electron chi connectivity index (χ3n) is 6.04. The summed E-state index contributed by atoms with van der Waals surface area (Å²) >= 11 is 0. The summed E-state index contributed by atoms with van der Waals surface area (Å²) in [5.41, 5.74) is 3.88. The Morgan fingerprint density at radius 1 is 1.02 bits per heavy atom. The van der Waals surface area contributed by atoms with Crippen LogP contribution in [0.15, 0.2) is 78.4 Å². The monoisotopic (exact) mass is 592 g/mol. The molecule has 0 saturated carbocycles. The van der Waals surface area contributed by atoms with E-state index in [2.05, 4.69) is 27.7 Å². The minimum atomic E-state index is -0.976. The molecule has 1 atom stereocenters. The summed E-state index contributed by atoms with van der Waals surface area (Å²) < 4.78 is 38.8. The summed E-state index contributed by atoms with van der Waals surface area (Å²) in [5.74, 6) is -2.48. The van der Waals surface area contributed by atoms with E-state index in [-0.39, 0.29) is 18.1 Å². The number of amides is 3. The van der Waals surface area contributed by atoms with Gasteiger partial charge in [0.05, 0.1) is 18.4 Å². The van der Waals surface area contributed by atoms with Gasteiger partial charge < -0.3 is 20.1 Å². The molecule has 1 unspecified atom stereocenters. The molecule has 3 amide bonds. The van der Waals surface area contributed by atoms with E-state index in [0.717, 1.165) is 0 Å². The predicted molar refractivity (Wildman–Crippen MR) is 160 cm³/mol. The highest BCUT2D eigenvalue weighted by molar-refractivity contribution is 5.98. The molecule has 3 aromatic carbocycles. The number of anilines is 1. The first-order chi connectivity index (χ1) is 20.6. The molecule has 43 heavy (non-hydrogen) atoms. The van der Waals surface area contributed by atoms with Crippen LogP contribution < -0.4 is 25.5 Å². The first-order valence-corrected chi connectivity index (χ1v) is 13.6. The van der Waals surface area contributed by atoms with Gasteiger partial charge in [-0.1, -0.05) is 32.1 Å². The second-order valence-corrected chi connectivity index (χ2v) is 9.69. The average Bonchev–Trinajstić information content (AvgIpc) is 2.97. The van der Waals surface area contributed by atoms with E-state index in [9.17, 15) is 23.2 Å². The van der Waals surface area contributed by atoms with Crippen LogP contribution in [-0.2, 0) is 16.0 Å². The molecular weight excluding hydrogens is 558 g/mol. The smallest absolute Gasteiger partial charge is 0.262 e. The zero-order chi connectivity index (χ0) is 31.4. The van der Waals surface area contributed by atoms with Gasteiger partial charge in [0.1, 0.15) is 17.7 Å². The quantitative estimate of drug-likeness (QED) is 0.138. The van der Waals surface area contributed by atoms with Gasteiger partial charge in [0.15, 0.2) is 18.1 Å². The summed E-state index contributed by atoms with van der Waals surface area (Å²) in [7, 11) is 0. The second-order valence-electron chi connectivity index (χ2n) is 9.69. The van der Waals surface area contributed by atoms with Crippen LogP contribution in [-0.4, -0.2) is 43.2 Å². The summed E-state index contributed by atoms with van der Waals surface area (Å²) in [6, 6.07) is 13.3. The van der Waals surface area contributed by atoms with E-state index in [1.54, 1.807) is 39.0 Å². The third-order valence-corrected chi connectivity index (χ3v) is 6.04. The van der Waals surface area contributed by atoms with Gasteiger partial charge in [0.2, 0.25) is 0 Å². The zero-order valence-corrected chi connectivity index (χ0v) is 24.2. The van der Waals surface area contributed by atoms with E-state index >= 15 is 0 Å². The Bertz CT molecular complexity index is 1480. The third kappa shape index (κ3) is 9.49. The molecule has 0 radical (unpaired) electrons. The van der Waals surface area contributed by atoms with Crippen molar-refractivity contribution in [2.24, 2.45) is 11.0 Å². The number of allylic oxidation sites excluding steroid dienone is 1. The standard InChI is InChI=1S/C32H34F2N4O5/c1-5-9-22-16-21(17-27(42-6-2)30(22)43-19-28(39)36-24-14-12-23(33)13-15-24)18-35-38-32(41)29(20(3)4)37-31(40)25-10-7-8-11-26(25)34/h5,7-8,10-18,20,29H,1,6,9,19H2,2-4H3,(H,36,39)(H,37,40)(H,38,41). The largest absolute Gasteiger partial charge is 0.490 e. The number of nitrogens with zero attached hydrogens (tertiary/aromatic N) is 1. The van der Waals surface area contributed by atoms with E-state index in [1.807, 2.05) is 0 Å². The highest BCUT2D eigenvalue weighted by Crippen LogP contribution is 2.33. The molecule has 0 bridgehead atoms. The molecule has 0 aromatic heterocycles. The van der Waals surface area contributed by atoms with Crippen molar-refractivity contribution in [2.75, 3.05) is 18.5 Å². The lowest BCUT2D eigenvalue weighted by atomic mass is 10.0. The summed E-state index contributed by atoms with van der Waals surface area (Å²) in [5, 5.41) is 9.23. The number of ether oxygens (including phenoxy) is 2. The number of carbonyl (C=O) groups is 3. The van der Waals surface area contributed by atoms with Crippen molar-refractivity contribution in [3.63, 3.8) is 0 Å². The number of halogens is 2. The van der Waals surface area contributed by atoms with Crippen molar-refractivity contribution in [2.45, 2.75) is 33.2 Å². The number of hydrogen-bond acceptors (Lipinski definition) is 6. The number of benzene rings is 3. The molecule has 0 spiro atoms. The molecule has 0 saturated heterocycles. The Hall–Kier alpha value is -5.06. The van der Waals surface area contributed by atoms with E-state index < -0.39 is 35.4 Å². The summed E-state index contributed by atoms with van der Waals surface area (Å²) in [4.78, 5) is 37.9. The molecular formula is C32H34F2N4O5. The summed E-state index contributed by atoms with van der Waals surface area (Å²) in [6.07, 6.45) is 3.43. The van der Waals surface area contributed by atoms with E-state index in [4.69, 9.17) is 9.47 Å². The van der Waals surface area contributed by atoms with Gasteiger partial charge in [0, 0.05) is 11.3 Å². The van der Waals surface area contributed by atoms with Crippen LogP contribution in [0.1, 0.15) is 42.3 Å². The van der Waals surface area contributed by atoms with Crippen molar-refractivity contribution in [3.8, 4) is 11.5 Å². The molecule has 0 aliphatic rings. The maximum absolute atomic E-state index is 14.0. The fourth-order valence-electron chi connectivity index (χ4n) is 4.00. The molecule has 3 rings (SSSR count). The molecule has 0 aliphatic carbocycles. The van der Waals surface area contributed by atoms with Crippen LogP contribution in [0, 0.1) is 17.6 Å². The molecule has 0 heterocycles. The Balaban J connectivity index is 1.72. The topological polar surface area (TPSA) is 118 Å². The Morgan fingerprint density at radius 2 is 1.74 bits per heavy atom. The first kappa shape index (κ1) is 32.5. The fraction of sp³-hybridized carbons (Fsp3) is 0.250. The van der Waals surface area contributed by atoms with Crippen LogP contribution in [0.25, 0.3) is 0 Å². The lowest BCUT2D eigenvalue weighted by Gasteiger charge is -2.20. The van der Waals surface area contributed by atoms with E-state index in [1.165, 1.54) is 54.7 Å². The van der Waals surface area contributed by atoms with Gasteiger partial charge in [0.25, 0.3) is 17.7 Å². The van der Waals surface area contributed by atoms with Gasteiger partial charge in [-0.3, -0.25) is 14.4 Å². The van der Waals surface area contributed by atoms with Crippen molar-refractivity contribution in [1.82, 2.24) is 10.7 Å². The van der Waals surface area contributed by atoms with Crippen molar-refractivity contribution in [3.05, 3.63) is 102 Å². The number of carbonyl (C=O) groups excluding carboxylic acids is 3. The second kappa shape index (κ2) is 15.8. The summed E-state index contributed by atoms with van der Waals surface area (Å²) in [6.45, 7) is 9.02. The number of hydrogen-bond donors (Lipinski definition) is 3. The SMILES string of the molecule is C=CCc1cc(C=NNC(=O)C(NC(=O)c2ccccc2F)C(C)C)cc(OCC)c1OCC(=O)Nc1ccc(F)cc1. The molecule has 9 nitrogen and oxygen atoms in total. The minimum Gasteiger partial charge on any atom is -0.490 e. The van der Waals surface area contributed by atoms with Crippen LogP contribution in [0.4, 0.5) is 14.5 Å². The van der Waals surface area contributed by atoms with Gasteiger partial charge in [-0.15, -0.1) is 6.58 Å². The van der Waals surface area contributed by atoms with Gasteiger partial charge in [-0.05, 0) is 73.4 Å². The predicted octanol–water partition coefficient (Wildman–Crippen LogP) is 5.01. The Labute approximate surface area is 249 Å². The highest BCUT2D eigenvalue weighted by Gasteiger charge is 2.25. The van der Waals surface area contributed by atoms with Gasteiger partial charge in [-0.2, -0.15) is 5.10 Å². The van der Waals surface area contributed by atoms with Crippen LogP contribution in [0.3, 0.4) is 0 Å². The first-order valence-electron chi connectivity index (χ1n) is 13.6. The van der Waals surface area contributed by atoms with Gasteiger partial charge in [-0.25, -0.2) is 14.2 Å². The Morgan fingerprint density at radius 3 is 2.40 bits per heavy atom. The molecule has 3 N–H and O–H groups in total. The molecule has 226 valence electrons. The van der Waals surface area contributed by atoms with Crippen molar-refractivity contribution >= 4 is 29.6 Å². The average molecular weight is 593 g/mol. The number of nitrogens with one attached hydrogen (secondary N) is 3. The van der Waals surface area contributed by atoms with Crippen LogP contribution in [0.2, 0.25) is 0 Å². The minimum absolute atomic E-state index is 0.169. The molecule has 0 fully saturated rings. The van der Waals surface area contributed by atoms with Crippen LogP contribution >= 0.6 is 0 Å². The van der Waals surface area contributed by atoms with Crippen molar-refractivity contribution in [1.29, 1.82) is 0 Å². The lowest BCUT2D eigenvalue weighted by molar-refractivity contribution is -0.124. The maximum Gasteiger partial charge on any atom is 0.262 e. The zero-order valence-electron chi connectivity index (χ0n) is 24.2. The normalized spacial score (nSPS) is 11.6. The lowest BCUT2D eigenvalue weighted by Crippen LogP contribution is -2.48. The van der Waals surface area contributed by atoms with Gasteiger partial charge >= 0.3 is 0 Å². The maximum atomic E-state index is 14.0. The Kier molecular flexibility index (Phi) is 11.9. The van der Waals surface area contributed by atoms with Crippen molar-refractivity contribution < 1.29 is 32.6 Å². The molecule has 0 aliphatic heterocycles. The van der Waals surface area contributed by atoms with E-state index in [0.29, 0.717) is 41.3 Å². The molecule has 11 heteroatoms. The molecule has 3 aromatic rings. The number of hydrazone groups is 1. The fourth-order valence-corrected chi connectivity index (χ4v) is 4.00. The highest BCUT2D eigenvalue weighted by atomic mass is 19.1. The van der Waals surface area contributed by atoms with Crippen LogP contribution in [0.5, 0.6) is 11.5 Å². The number of rotatable bonds is 14.